The van der Waals surface area contributed by atoms with Gasteiger partial charge in [-0.2, -0.15) is 0 Å². The van der Waals surface area contributed by atoms with Crippen molar-refractivity contribution in [3.63, 3.8) is 0 Å². The maximum atomic E-state index is 2.53. The zero-order valence-corrected chi connectivity index (χ0v) is 62.2. The molecule has 0 radical (unpaired) electrons. The lowest BCUT2D eigenvalue weighted by Crippen LogP contribution is -2.19. The largest absolute Gasteiger partial charge is 0.313 e. The van der Waals surface area contributed by atoms with E-state index in [-0.39, 0.29) is 43.3 Å². The van der Waals surface area contributed by atoms with Gasteiger partial charge in [0.25, 0.3) is 0 Å². The van der Waals surface area contributed by atoms with E-state index in [0.29, 0.717) is 0 Å². The van der Waals surface area contributed by atoms with Gasteiger partial charge in [0.2, 0.25) is 0 Å². The monoisotopic (exact) mass is 1260 g/mol. The summed E-state index contributed by atoms with van der Waals surface area (Å²) in [6.07, 6.45) is 0. The summed E-state index contributed by atoms with van der Waals surface area (Å²) in [6, 6.07) is 72.5. The van der Waals surface area contributed by atoms with E-state index in [4.69, 9.17) is 0 Å². The summed E-state index contributed by atoms with van der Waals surface area (Å²) >= 11 is 0. The second kappa shape index (κ2) is 21.5. The zero-order valence-electron chi connectivity index (χ0n) is 62.2. The number of hydrogen-bond acceptors (Lipinski definition) is 0. The van der Waals surface area contributed by atoms with Gasteiger partial charge < -0.3 is 9.13 Å². The summed E-state index contributed by atoms with van der Waals surface area (Å²) in [6.45, 7) is 56.5. The van der Waals surface area contributed by atoms with Gasteiger partial charge in [0.15, 0.2) is 0 Å². The molecule has 2 heteroatoms. The highest BCUT2D eigenvalue weighted by atomic mass is 15.0. The lowest BCUT2D eigenvalue weighted by atomic mass is 9.76. The fourth-order valence-corrected chi connectivity index (χ4v) is 16.3. The van der Waals surface area contributed by atoms with Gasteiger partial charge in [-0.25, -0.2) is 0 Å². The molecule has 0 unspecified atom stereocenters. The van der Waals surface area contributed by atoms with E-state index in [1.54, 1.807) is 0 Å². The first-order valence-electron chi connectivity index (χ1n) is 35.5. The van der Waals surface area contributed by atoms with E-state index < -0.39 is 0 Å². The van der Waals surface area contributed by atoms with E-state index in [1.165, 1.54) is 166 Å². The molecular weight excluding hydrogens is 1160 g/mol. The summed E-state index contributed by atoms with van der Waals surface area (Å²) in [7, 11) is 0. The van der Waals surface area contributed by atoms with Crippen molar-refractivity contribution in [2.45, 2.75) is 209 Å². The molecule has 2 nitrogen and oxygen atoms in total. The molecule has 0 saturated carbocycles. The first-order chi connectivity index (χ1) is 44.7. The summed E-state index contributed by atoms with van der Waals surface area (Å²) in [4.78, 5) is 0. The van der Waals surface area contributed by atoms with Crippen molar-refractivity contribution >= 4 is 32.6 Å². The molecule has 2 heterocycles. The van der Waals surface area contributed by atoms with Crippen molar-refractivity contribution in [2.75, 3.05) is 0 Å². The molecular formula is C94H102N2. The van der Waals surface area contributed by atoms with Crippen LogP contribution in [0.15, 0.2) is 182 Å². The van der Waals surface area contributed by atoms with Crippen molar-refractivity contribution in [3.05, 3.63) is 249 Å². The lowest BCUT2D eigenvalue weighted by Gasteiger charge is -2.27. The topological polar surface area (TPSA) is 9.86 Å². The molecule has 12 aromatic rings. The van der Waals surface area contributed by atoms with Gasteiger partial charge >= 0.3 is 0 Å². The predicted molar refractivity (Wildman–Crippen MR) is 416 cm³/mol. The minimum absolute atomic E-state index is 0.0374. The summed E-state index contributed by atoms with van der Waals surface area (Å²) in [5, 5.41) is 4.93. The highest BCUT2D eigenvalue weighted by Gasteiger charge is 2.41. The quantitative estimate of drug-likeness (QED) is 0.157. The van der Waals surface area contributed by atoms with Crippen molar-refractivity contribution in [2.24, 2.45) is 0 Å². The Morgan fingerprint density at radius 2 is 0.552 bits per heavy atom. The van der Waals surface area contributed by atoms with Crippen molar-refractivity contribution in [3.8, 4) is 78.1 Å². The third kappa shape index (κ3) is 10.5. The number of fused-ring (bicyclic) bond motifs is 9. The Bertz CT molecular complexity index is 4860. The van der Waals surface area contributed by atoms with Crippen molar-refractivity contribution in [1.29, 1.82) is 0 Å². The van der Waals surface area contributed by atoms with Crippen LogP contribution in [0.25, 0.3) is 111 Å². The van der Waals surface area contributed by atoms with Crippen LogP contribution in [0.4, 0.5) is 0 Å². The molecule has 0 aliphatic heterocycles. The van der Waals surface area contributed by atoms with E-state index in [0.717, 1.165) is 11.4 Å². The number of rotatable bonds is 6. The van der Waals surface area contributed by atoms with Crippen LogP contribution in [0.5, 0.6) is 0 Å². The molecule has 14 rings (SSSR count). The van der Waals surface area contributed by atoms with Crippen LogP contribution < -0.4 is 0 Å². The molecule has 488 valence electrons. The van der Waals surface area contributed by atoms with Gasteiger partial charge in [0.05, 0.1) is 11.0 Å². The van der Waals surface area contributed by atoms with Crippen LogP contribution in [0.1, 0.15) is 219 Å². The standard InChI is InChI=1S/C94H102N2/c1-55-83(57-25-33-63(34-26-57)87(3,4)5)75-47-61(73-49-67(91(15,16)17)53-79-85(73)71-41-37-65(89(9,10)11)51-77(71)93(79,21)22)31-43-81(75)95(55)69-39-29-60-46-70(40-30-59(60)45-69)96-56(2)84(58-27-35-64(36-28-58)88(6,7)8)76-48-62(32-44-82(76)96)74-50-68(92(18,19)20)54-80-86(74)72-42-38-66(90(12,13)14)52-78(72)94(80,23)24/h25-54H,1-24H3. The van der Waals surface area contributed by atoms with Crippen LogP contribution in [0.2, 0.25) is 0 Å². The molecule has 2 aliphatic carbocycles. The lowest BCUT2D eigenvalue weighted by molar-refractivity contribution is 0.579. The average molecular weight is 1260 g/mol. The Morgan fingerprint density at radius 3 is 0.875 bits per heavy atom. The van der Waals surface area contributed by atoms with E-state index in [1.807, 2.05) is 0 Å². The molecule has 0 spiro atoms. The fourth-order valence-electron chi connectivity index (χ4n) is 16.3. The molecule has 0 fully saturated rings. The Balaban J connectivity index is 0.927. The Labute approximate surface area is 574 Å². The molecule has 0 amide bonds. The smallest absolute Gasteiger partial charge is 0.0538 e. The Morgan fingerprint density at radius 1 is 0.250 bits per heavy atom. The Hall–Kier alpha value is -8.46. The Kier molecular flexibility index (Phi) is 14.5. The van der Waals surface area contributed by atoms with Crippen LogP contribution in [-0.2, 0) is 43.3 Å². The highest BCUT2D eigenvalue weighted by molar-refractivity contribution is 6.06. The molecule has 0 bridgehead atoms. The average Bonchev–Trinajstić information content (AvgIpc) is 1.56. The molecule has 2 aliphatic rings. The number of benzene rings is 10. The van der Waals surface area contributed by atoms with E-state index >= 15 is 0 Å². The minimum atomic E-state index is -0.160. The van der Waals surface area contributed by atoms with Gasteiger partial charge in [-0.3, -0.25) is 0 Å². The SMILES string of the molecule is Cc1c(-c2ccc(C(C)(C)C)cc2)c2cc(-c3cc(C(C)(C)C)cc4c3-c3ccc(C(C)(C)C)cc3C4(C)C)ccc2n1-c1ccc2cc(-n3c(C)c(-c4ccc(C(C)(C)C)cc4)c4cc(-c5cc(C(C)(C)C)cc6c5-c5ccc(C(C)(C)C)cc5C6(C)C)ccc43)ccc2c1. The summed E-state index contributed by atoms with van der Waals surface area (Å²) in [5.74, 6) is 0. The van der Waals surface area contributed by atoms with E-state index in [9.17, 15) is 0 Å². The first-order valence-corrected chi connectivity index (χ1v) is 35.5. The third-order valence-electron chi connectivity index (χ3n) is 22.4. The maximum absolute atomic E-state index is 2.53. The second-order valence-corrected chi connectivity index (χ2v) is 36.1. The van der Waals surface area contributed by atoms with Gasteiger partial charge in [-0.1, -0.05) is 274 Å². The maximum Gasteiger partial charge on any atom is 0.0538 e. The van der Waals surface area contributed by atoms with Crippen LogP contribution >= 0.6 is 0 Å². The van der Waals surface area contributed by atoms with Gasteiger partial charge in [0.1, 0.15) is 0 Å². The predicted octanol–water partition coefficient (Wildman–Crippen LogP) is 26.4. The van der Waals surface area contributed by atoms with E-state index in [2.05, 4.69) is 357 Å². The highest BCUT2D eigenvalue weighted by Crippen LogP contribution is 2.57. The molecule has 10 aromatic carbocycles. The minimum Gasteiger partial charge on any atom is -0.313 e. The molecule has 0 saturated heterocycles. The van der Waals surface area contributed by atoms with Crippen LogP contribution in [0, 0.1) is 13.8 Å². The van der Waals surface area contributed by atoms with Crippen molar-refractivity contribution < 1.29 is 0 Å². The van der Waals surface area contributed by atoms with Crippen LogP contribution in [0.3, 0.4) is 0 Å². The van der Waals surface area contributed by atoms with Crippen molar-refractivity contribution in [1.82, 2.24) is 9.13 Å². The number of hydrogen-bond donors (Lipinski definition) is 0. The van der Waals surface area contributed by atoms with Gasteiger partial charge in [0, 0.05) is 55.5 Å². The zero-order chi connectivity index (χ0) is 68.8. The van der Waals surface area contributed by atoms with Gasteiger partial charge in [-0.05, 0) is 229 Å². The fraction of sp³-hybridized carbons (Fsp3) is 0.340. The van der Waals surface area contributed by atoms with Gasteiger partial charge in [-0.15, -0.1) is 0 Å². The first kappa shape index (κ1) is 64.9. The molecule has 0 N–H and O–H groups in total. The second-order valence-electron chi connectivity index (χ2n) is 36.1. The number of nitrogens with zero attached hydrogens (tertiary/aromatic N) is 2. The molecule has 96 heavy (non-hydrogen) atoms. The summed E-state index contributed by atoms with van der Waals surface area (Å²) in [5.41, 5.74) is 36.4. The normalized spacial score (nSPS) is 14.6. The molecule has 2 aromatic heterocycles. The number of aromatic nitrogens is 2. The van der Waals surface area contributed by atoms with Crippen LogP contribution in [-0.4, -0.2) is 9.13 Å². The third-order valence-corrected chi connectivity index (χ3v) is 22.4. The molecule has 0 atom stereocenters. The summed E-state index contributed by atoms with van der Waals surface area (Å²) < 4.78 is 5.05.